The quantitative estimate of drug-likeness (QED) is 0.835. The maximum Gasteiger partial charge on any atom is 0.241 e. The lowest BCUT2D eigenvalue weighted by Crippen LogP contribution is -2.37. The van der Waals surface area contributed by atoms with Crippen molar-refractivity contribution in [2.24, 2.45) is 5.73 Å². The number of amides is 1. The van der Waals surface area contributed by atoms with Crippen LogP contribution in [-0.2, 0) is 14.6 Å². The third-order valence-corrected chi connectivity index (χ3v) is 5.49. The first-order valence-corrected chi connectivity index (χ1v) is 9.02. The Labute approximate surface area is 140 Å². The van der Waals surface area contributed by atoms with E-state index in [4.69, 9.17) is 17.3 Å². The maximum atomic E-state index is 12.3. The molecular formula is C16H17ClN2O3S. The number of hydrogen-bond donors (Lipinski definition) is 2. The first-order chi connectivity index (χ1) is 10.9. The van der Waals surface area contributed by atoms with Crippen LogP contribution in [0.25, 0.3) is 0 Å². The molecule has 2 rings (SSSR count). The summed E-state index contributed by atoms with van der Waals surface area (Å²) in [6.45, 7) is 0. The zero-order valence-corrected chi connectivity index (χ0v) is 13.8. The number of carbonyl (C=O) groups is 1. The highest BCUT2D eigenvalue weighted by Gasteiger charge is 2.21. The van der Waals surface area contributed by atoms with Crippen LogP contribution in [0.5, 0.6) is 0 Å². The van der Waals surface area contributed by atoms with E-state index in [-0.39, 0.29) is 22.1 Å². The molecule has 5 nitrogen and oxygen atoms in total. The number of para-hydroxylation sites is 1. The van der Waals surface area contributed by atoms with Gasteiger partial charge in [0.1, 0.15) is 0 Å². The first-order valence-electron chi connectivity index (χ1n) is 6.99. The van der Waals surface area contributed by atoms with Crippen LogP contribution >= 0.6 is 11.6 Å². The molecule has 122 valence electrons. The molecule has 1 unspecified atom stereocenters. The molecule has 3 N–H and O–H groups in total. The molecule has 7 heteroatoms. The number of hydrogen-bond acceptors (Lipinski definition) is 4. The van der Waals surface area contributed by atoms with E-state index < -0.39 is 21.8 Å². The summed E-state index contributed by atoms with van der Waals surface area (Å²) in [5, 5.41) is 2.81. The Kier molecular flexibility index (Phi) is 5.76. The Balaban J connectivity index is 1.97. The molecule has 0 saturated carbocycles. The Hall–Kier alpha value is -1.89. The smallest absolute Gasteiger partial charge is 0.241 e. The molecule has 0 aromatic heterocycles. The number of nitrogens with two attached hydrogens (primary N) is 1. The van der Waals surface area contributed by atoms with Crippen LogP contribution in [0.4, 0.5) is 5.69 Å². The van der Waals surface area contributed by atoms with Crippen molar-refractivity contribution in [1.82, 2.24) is 0 Å². The largest absolute Gasteiger partial charge is 0.325 e. The van der Waals surface area contributed by atoms with E-state index in [9.17, 15) is 13.2 Å². The third kappa shape index (κ3) is 4.79. The molecule has 0 fully saturated rings. The van der Waals surface area contributed by atoms with Crippen LogP contribution in [0.15, 0.2) is 59.5 Å². The summed E-state index contributed by atoms with van der Waals surface area (Å²) in [5.41, 5.74) is 6.39. The molecule has 0 aliphatic rings. The number of sulfone groups is 1. The molecule has 2 aromatic carbocycles. The fraction of sp³-hybridized carbons (Fsp3) is 0.188. The monoisotopic (exact) mass is 352 g/mol. The molecule has 0 spiro atoms. The van der Waals surface area contributed by atoms with E-state index in [0.29, 0.717) is 5.69 Å². The summed E-state index contributed by atoms with van der Waals surface area (Å²) in [6, 6.07) is 14.1. The van der Waals surface area contributed by atoms with Crippen LogP contribution in [0.1, 0.15) is 6.42 Å². The molecule has 0 aliphatic heterocycles. The minimum atomic E-state index is -3.58. The lowest BCUT2D eigenvalue weighted by molar-refractivity contribution is -0.117. The predicted molar refractivity (Wildman–Crippen MR) is 91.2 cm³/mol. The minimum absolute atomic E-state index is 0.00617. The van der Waals surface area contributed by atoms with Gasteiger partial charge < -0.3 is 11.1 Å². The van der Waals surface area contributed by atoms with Crippen molar-refractivity contribution in [2.75, 3.05) is 11.1 Å². The Bertz CT molecular complexity index is 779. The van der Waals surface area contributed by atoms with Crippen molar-refractivity contribution in [3.05, 3.63) is 59.6 Å². The van der Waals surface area contributed by atoms with Gasteiger partial charge in [0.05, 0.1) is 21.7 Å². The van der Waals surface area contributed by atoms with Crippen molar-refractivity contribution in [2.45, 2.75) is 17.4 Å². The highest BCUT2D eigenvalue weighted by molar-refractivity contribution is 7.91. The number of nitrogens with one attached hydrogen (secondary N) is 1. The number of carbonyl (C=O) groups excluding carboxylic acids is 1. The number of benzene rings is 2. The van der Waals surface area contributed by atoms with Crippen LogP contribution in [0.3, 0.4) is 0 Å². The summed E-state index contributed by atoms with van der Waals surface area (Å²) in [7, 11) is -3.58. The number of halogens is 1. The summed E-state index contributed by atoms with van der Waals surface area (Å²) >= 11 is 5.90. The predicted octanol–water partition coefficient (Wildman–Crippen LogP) is 2.47. The Morgan fingerprint density at radius 2 is 1.70 bits per heavy atom. The van der Waals surface area contributed by atoms with Crippen molar-refractivity contribution in [1.29, 1.82) is 0 Å². The van der Waals surface area contributed by atoms with Crippen molar-refractivity contribution < 1.29 is 13.2 Å². The lowest BCUT2D eigenvalue weighted by Gasteiger charge is -2.13. The topological polar surface area (TPSA) is 89.3 Å². The highest BCUT2D eigenvalue weighted by atomic mass is 35.5. The second-order valence-corrected chi connectivity index (χ2v) is 7.48. The van der Waals surface area contributed by atoms with Gasteiger partial charge in [-0.1, -0.05) is 41.9 Å². The third-order valence-electron chi connectivity index (χ3n) is 3.25. The average molecular weight is 353 g/mol. The second kappa shape index (κ2) is 7.59. The van der Waals surface area contributed by atoms with E-state index >= 15 is 0 Å². The lowest BCUT2D eigenvalue weighted by atomic mass is 10.2. The molecule has 23 heavy (non-hydrogen) atoms. The van der Waals surface area contributed by atoms with Gasteiger partial charge in [-0.2, -0.15) is 0 Å². The van der Waals surface area contributed by atoms with Crippen molar-refractivity contribution >= 4 is 33.0 Å². The van der Waals surface area contributed by atoms with Crippen LogP contribution in [0.2, 0.25) is 5.02 Å². The Morgan fingerprint density at radius 1 is 1.09 bits per heavy atom. The fourth-order valence-corrected chi connectivity index (χ4v) is 3.90. The zero-order chi connectivity index (χ0) is 16.9. The molecule has 0 bridgehead atoms. The van der Waals surface area contributed by atoms with E-state index in [1.54, 1.807) is 36.4 Å². The molecule has 0 aliphatic carbocycles. The maximum absolute atomic E-state index is 12.3. The van der Waals surface area contributed by atoms with Crippen molar-refractivity contribution in [3.63, 3.8) is 0 Å². The molecule has 1 atom stereocenters. The zero-order valence-electron chi connectivity index (χ0n) is 12.3. The van der Waals surface area contributed by atoms with Gasteiger partial charge in [-0.15, -0.1) is 0 Å². The van der Waals surface area contributed by atoms with E-state index in [0.717, 1.165) is 0 Å². The fourth-order valence-electron chi connectivity index (χ4n) is 1.98. The van der Waals surface area contributed by atoms with Gasteiger partial charge in [0.2, 0.25) is 5.91 Å². The molecule has 0 heterocycles. The van der Waals surface area contributed by atoms with E-state index in [1.807, 2.05) is 6.07 Å². The Morgan fingerprint density at radius 3 is 2.35 bits per heavy atom. The summed E-state index contributed by atoms with van der Waals surface area (Å²) in [5.74, 6) is -0.675. The summed E-state index contributed by atoms with van der Waals surface area (Å²) in [4.78, 5) is 12.0. The van der Waals surface area contributed by atoms with Gasteiger partial charge >= 0.3 is 0 Å². The SMILES string of the molecule is NC(CCS(=O)(=O)c1ccccc1Cl)C(=O)Nc1ccccc1. The van der Waals surface area contributed by atoms with Crippen molar-refractivity contribution in [3.8, 4) is 0 Å². The normalized spacial score (nSPS) is 12.6. The molecule has 2 aromatic rings. The summed E-state index contributed by atoms with van der Waals surface area (Å²) < 4.78 is 24.5. The molecule has 0 saturated heterocycles. The van der Waals surface area contributed by atoms with Crippen LogP contribution in [-0.4, -0.2) is 26.1 Å². The van der Waals surface area contributed by atoms with Crippen LogP contribution < -0.4 is 11.1 Å². The standard InChI is InChI=1S/C16H17ClN2O3S/c17-13-8-4-5-9-15(13)23(21,22)11-10-14(18)16(20)19-12-6-2-1-3-7-12/h1-9,14H,10-11,18H2,(H,19,20). The second-order valence-electron chi connectivity index (χ2n) is 5.00. The van der Waals surface area contributed by atoms with Gasteiger partial charge in [-0.3, -0.25) is 4.79 Å². The molecule has 1 amide bonds. The number of rotatable bonds is 6. The summed E-state index contributed by atoms with van der Waals surface area (Å²) in [6.07, 6.45) is 0.00617. The van der Waals surface area contributed by atoms with Gasteiger partial charge in [-0.25, -0.2) is 8.42 Å². The van der Waals surface area contributed by atoms with Gasteiger partial charge in [0.15, 0.2) is 9.84 Å². The number of anilines is 1. The van der Waals surface area contributed by atoms with E-state index in [1.165, 1.54) is 12.1 Å². The average Bonchev–Trinajstić information content (AvgIpc) is 2.54. The van der Waals surface area contributed by atoms with Gasteiger partial charge in [0, 0.05) is 5.69 Å². The van der Waals surface area contributed by atoms with Gasteiger partial charge in [-0.05, 0) is 30.7 Å². The van der Waals surface area contributed by atoms with Gasteiger partial charge in [0.25, 0.3) is 0 Å². The molecular weight excluding hydrogens is 336 g/mol. The molecule has 0 radical (unpaired) electrons. The minimum Gasteiger partial charge on any atom is -0.325 e. The first kappa shape index (κ1) is 17.5. The van der Waals surface area contributed by atoms with E-state index in [2.05, 4.69) is 5.32 Å². The van der Waals surface area contributed by atoms with Crippen LogP contribution in [0, 0.1) is 0 Å². The highest BCUT2D eigenvalue weighted by Crippen LogP contribution is 2.22.